The molecular formula is C25H26O5. The first-order valence-corrected chi connectivity index (χ1v) is 9.85. The number of benzene rings is 2. The third kappa shape index (κ3) is 4.57. The van der Waals surface area contributed by atoms with Gasteiger partial charge in [0.2, 0.25) is 5.43 Å². The summed E-state index contributed by atoms with van der Waals surface area (Å²) in [6, 6.07) is 7.52. The summed E-state index contributed by atoms with van der Waals surface area (Å²) >= 11 is 0. The molecule has 0 aliphatic rings. The molecule has 0 amide bonds. The lowest BCUT2D eigenvalue weighted by atomic mass is 10.00. The standard InChI is InChI=1S/C25H26O5/c1-15(2)5-4-6-16(3)7-12-19-21(27)13-22-23(24(19)28)25(29)20(14-30-22)17-8-10-18(26)11-9-17/h5,7-11,13-14,26-28H,4,6,12H2,1-3H3. The third-order valence-corrected chi connectivity index (χ3v) is 5.05. The maximum absolute atomic E-state index is 13.1. The van der Waals surface area contributed by atoms with E-state index in [1.807, 2.05) is 13.0 Å². The maximum atomic E-state index is 13.1. The molecule has 0 aliphatic heterocycles. The Balaban J connectivity index is 2.00. The van der Waals surface area contributed by atoms with Gasteiger partial charge in [-0.2, -0.15) is 0 Å². The van der Waals surface area contributed by atoms with Gasteiger partial charge >= 0.3 is 0 Å². The first-order valence-electron chi connectivity index (χ1n) is 9.85. The highest BCUT2D eigenvalue weighted by Gasteiger charge is 2.18. The third-order valence-electron chi connectivity index (χ3n) is 5.05. The van der Waals surface area contributed by atoms with Crippen LogP contribution < -0.4 is 5.43 Å². The molecule has 30 heavy (non-hydrogen) atoms. The minimum absolute atomic E-state index is 0.0315. The van der Waals surface area contributed by atoms with Crippen LogP contribution >= 0.6 is 0 Å². The van der Waals surface area contributed by atoms with Crippen LogP contribution in [0.4, 0.5) is 0 Å². The van der Waals surface area contributed by atoms with E-state index >= 15 is 0 Å². The van der Waals surface area contributed by atoms with E-state index in [-0.39, 0.29) is 33.8 Å². The van der Waals surface area contributed by atoms with Gasteiger partial charge in [0.15, 0.2) is 0 Å². The second kappa shape index (κ2) is 8.91. The van der Waals surface area contributed by atoms with Crippen molar-refractivity contribution < 1.29 is 19.7 Å². The highest BCUT2D eigenvalue weighted by atomic mass is 16.3. The molecule has 5 nitrogen and oxygen atoms in total. The first-order chi connectivity index (χ1) is 14.3. The molecular weight excluding hydrogens is 380 g/mol. The van der Waals surface area contributed by atoms with Crippen LogP contribution in [0, 0.1) is 0 Å². The summed E-state index contributed by atoms with van der Waals surface area (Å²) < 4.78 is 5.52. The number of phenolic OH excluding ortho intramolecular Hbond substituents is 3. The summed E-state index contributed by atoms with van der Waals surface area (Å²) in [5, 5.41) is 30.7. The number of allylic oxidation sites excluding steroid dienone is 4. The molecule has 1 heterocycles. The lowest BCUT2D eigenvalue weighted by Gasteiger charge is -2.10. The van der Waals surface area contributed by atoms with E-state index in [0.717, 1.165) is 18.4 Å². The van der Waals surface area contributed by atoms with Gasteiger partial charge in [-0.3, -0.25) is 4.79 Å². The largest absolute Gasteiger partial charge is 0.508 e. The monoisotopic (exact) mass is 406 g/mol. The fourth-order valence-corrected chi connectivity index (χ4v) is 3.30. The van der Waals surface area contributed by atoms with Crippen molar-refractivity contribution in [1.82, 2.24) is 0 Å². The fourth-order valence-electron chi connectivity index (χ4n) is 3.30. The average Bonchev–Trinajstić information content (AvgIpc) is 2.68. The molecule has 0 saturated carbocycles. The van der Waals surface area contributed by atoms with Crippen LogP contribution in [0.1, 0.15) is 39.2 Å². The number of hydrogen-bond acceptors (Lipinski definition) is 5. The quantitative estimate of drug-likeness (QED) is 0.449. The first kappa shape index (κ1) is 21.2. The van der Waals surface area contributed by atoms with Gasteiger partial charge in [0.25, 0.3) is 0 Å². The number of aromatic hydroxyl groups is 3. The van der Waals surface area contributed by atoms with Crippen molar-refractivity contribution in [3.63, 3.8) is 0 Å². The molecule has 3 aromatic rings. The van der Waals surface area contributed by atoms with Gasteiger partial charge in [-0.25, -0.2) is 0 Å². The van der Waals surface area contributed by atoms with E-state index in [4.69, 9.17) is 4.42 Å². The zero-order valence-electron chi connectivity index (χ0n) is 17.4. The number of rotatable bonds is 6. The number of phenols is 3. The molecule has 3 rings (SSSR count). The van der Waals surface area contributed by atoms with Gasteiger partial charge < -0.3 is 19.7 Å². The van der Waals surface area contributed by atoms with E-state index in [1.165, 1.54) is 30.0 Å². The Labute approximate surface area is 175 Å². The van der Waals surface area contributed by atoms with Crippen LogP contribution in [-0.4, -0.2) is 15.3 Å². The number of fused-ring (bicyclic) bond motifs is 1. The van der Waals surface area contributed by atoms with Gasteiger partial charge in [0, 0.05) is 11.6 Å². The van der Waals surface area contributed by atoms with E-state index in [2.05, 4.69) is 19.9 Å². The summed E-state index contributed by atoms with van der Waals surface area (Å²) in [7, 11) is 0. The summed E-state index contributed by atoms with van der Waals surface area (Å²) in [6.45, 7) is 6.12. The Bertz CT molecular complexity index is 1180. The van der Waals surface area contributed by atoms with Crippen molar-refractivity contribution in [3.8, 4) is 28.4 Å². The molecule has 3 N–H and O–H groups in total. The lowest BCUT2D eigenvalue weighted by Crippen LogP contribution is -2.06. The van der Waals surface area contributed by atoms with Crippen LogP contribution in [0.25, 0.3) is 22.1 Å². The van der Waals surface area contributed by atoms with Gasteiger partial charge in [-0.1, -0.05) is 35.4 Å². The van der Waals surface area contributed by atoms with E-state index in [0.29, 0.717) is 17.5 Å². The molecule has 1 aromatic heterocycles. The maximum Gasteiger partial charge on any atom is 0.204 e. The zero-order chi connectivity index (χ0) is 21.8. The average molecular weight is 406 g/mol. The van der Waals surface area contributed by atoms with Crippen LogP contribution in [0.2, 0.25) is 0 Å². The predicted molar refractivity (Wildman–Crippen MR) is 119 cm³/mol. The summed E-state index contributed by atoms with van der Waals surface area (Å²) in [5.41, 5.74) is 3.24. The van der Waals surface area contributed by atoms with Crippen LogP contribution in [0.3, 0.4) is 0 Å². The minimum atomic E-state index is -0.398. The van der Waals surface area contributed by atoms with Crippen LogP contribution in [0.5, 0.6) is 17.2 Å². The number of hydrogen-bond donors (Lipinski definition) is 3. The summed E-state index contributed by atoms with van der Waals surface area (Å²) in [5.74, 6) is -0.299. The summed E-state index contributed by atoms with van der Waals surface area (Å²) in [6.07, 6.45) is 7.52. The molecule has 0 spiro atoms. The molecule has 0 fully saturated rings. The van der Waals surface area contributed by atoms with E-state index < -0.39 is 5.43 Å². The van der Waals surface area contributed by atoms with Gasteiger partial charge in [0.1, 0.15) is 34.5 Å². The SMILES string of the molecule is CC(C)=CCCC(C)=CCc1c(O)cc2occ(-c3ccc(O)cc3)c(=O)c2c1O. The van der Waals surface area contributed by atoms with Crippen LogP contribution in [-0.2, 0) is 6.42 Å². The van der Waals surface area contributed by atoms with Crippen molar-refractivity contribution in [3.05, 3.63) is 75.7 Å². The van der Waals surface area contributed by atoms with Crippen molar-refractivity contribution in [2.24, 2.45) is 0 Å². The van der Waals surface area contributed by atoms with E-state index in [9.17, 15) is 20.1 Å². The fraction of sp³-hybridized carbons (Fsp3) is 0.240. The second-order valence-electron chi connectivity index (χ2n) is 7.70. The highest BCUT2D eigenvalue weighted by molar-refractivity contribution is 5.89. The zero-order valence-corrected chi connectivity index (χ0v) is 17.4. The van der Waals surface area contributed by atoms with Crippen LogP contribution in [0.15, 0.2) is 69.1 Å². The Kier molecular flexibility index (Phi) is 6.31. The highest BCUT2D eigenvalue weighted by Crippen LogP contribution is 2.36. The summed E-state index contributed by atoms with van der Waals surface area (Å²) in [4.78, 5) is 13.1. The molecule has 0 aliphatic carbocycles. The Morgan fingerprint density at radius 3 is 2.40 bits per heavy atom. The smallest absolute Gasteiger partial charge is 0.204 e. The molecule has 0 radical (unpaired) electrons. The predicted octanol–water partition coefficient (Wildman–Crippen LogP) is 5.81. The van der Waals surface area contributed by atoms with Gasteiger partial charge in [0.05, 0.1) is 5.56 Å². The minimum Gasteiger partial charge on any atom is -0.508 e. The molecule has 0 atom stereocenters. The molecule has 0 unspecified atom stereocenters. The lowest BCUT2D eigenvalue weighted by molar-refractivity contribution is 0.442. The normalized spacial score (nSPS) is 11.6. The molecule has 156 valence electrons. The van der Waals surface area contributed by atoms with E-state index in [1.54, 1.807) is 12.1 Å². The van der Waals surface area contributed by atoms with Crippen molar-refractivity contribution in [2.45, 2.75) is 40.0 Å². The van der Waals surface area contributed by atoms with Crippen molar-refractivity contribution in [1.29, 1.82) is 0 Å². The Hall–Kier alpha value is -3.47. The topological polar surface area (TPSA) is 90.9 Å². The second-order valence-corrected chi connectivity index (χ2v) is 7.70. The molecule has 2 aromatic carbocycles. The molecule has 0 bridgehead atoms. The molecule has 5 heteroatoms. The van der Waals surface area contributed by atoms with Crippen molar-refractivity contribution in [2.75, 3.05) is 0 Å². The van der Waals surface area contributed by atoms with Gasteiger partial charge in [-0.05, 0) is 57.7 Å². The Morgan fingerprint density at radius 2 is 1.73 bits per heavy atom. The molecule has 0 saturated heterocycles. The van der Waals surface area contributed by atoms with Gasteiger partial charge in [-0.15, -0.1) is 0 Å². The Morgan fingerprint density at radius 1 is 1.03 bits per heavy atom. The van der Waals surface area contributed by atoms with Crippen molar-refractivity contribution >= 4 is 11.0 Å².